The molecule has 2 N–H and O–H groups in total. The molecule has 4 saturated heterocycles. The number of benzene rings is 2. The lowest BCUT2D eigenvalue weighted by molar-refractivity contribution is 0.0260. The quantitative estimate of drug-likeness (QED) is 0.461. The van der Waals surface area contributed by atoms with Crippen LogP contribution in [-0.4, -0.2) is 76.6 Å². The molecule has 5 aliphatic rings. The van der Waals surface area contributed by atoms with Crippen molar-refractivity contribution >= 4 is 16.6 Å². The Hall–Kier alpha value is -3.15. The van der Waals surface area contributed by atoms with Crippen molar-refractivity contribution in [3.63, 3.8) is 0 Å². The van der Waals surface area contributed by atoms with E-state index >= 15 is 4.39 Å². The molecule has 42 heavy (non-hydrogen) atoms. The van der Waals surface area contributed by atoms with Crippen LogP contribution in [0, 0.1) is 11.6 Å². The SMILES string of the molecule is Oc1cc(C2Cc3nc(OC[C@@]45CCCN4C[C@H](F)C5)nc(N4CC5CCC(C4)N5)c3CO2)c2c(F)c(F)ccc2c1. The summed E-state index contributed by atoms with van der Waals surface area (Å²) in [4.78, 5) is 14.2. The third-order valence-electron chi connectivity index (χ3n) is 9.97. The van der Waals surface area contributed by atoms with Gasteiger partial charge >= 0.3 is 6.01 Å². The summed E-state index contributed by atoms with van der Waals surface area (Å²) in [6.45, 7) is 3.44. The van der Waals surface area contributed by atoms with Crippen LogP contribution in [0.3, 0.4) is 0 Å². The first-order valence-corrected chi connectivity index (χ1v) is 15.0. The average Bonchev–Trinajstić information content (AvgIpc) is 3.63. The number of nitrogens with zero attached hydrogens (tertiary/aromatic N) is 4. The van der Waals surface area contributed by atoms with Gasteiger partial charge in [-0.2, -0.15) is 9.97 Å². The Morgan fingerprint density at radius 3 is 2.79 bits per heavy atom. The topological polar surface area (TPSA) is 83.0 Å². The van der Waals surface area contributed by atoms with E-state index in [1.165, 1.54) is 18.2 Å². The summed E-state index contributed by atoms with van der Waals surface area (Å²) in [6.07, 6.45) is 3.35. The van der Waals surface area contributed by atoms with E-state index in [1.807, 2.05) is 0 Å². The van der Waals surface area contributed by atoms with E-state index in [1.54, 1.807) is 0 Å². The molecule has 5 atom stereocenters. The highest BCUT2D eigenvalue weighted by Crippen LogP contribution is 2.42. The highest BCUT2D eigenvalue weighted by molar-refractivity contribution is 5.88. The van der Waals surface area contributed by atoms with Crippen molar-refractivity contribution in [1.82, 2.24) is 20.2 Å². The number of hydrogen-bond acceptors (Lipinski definition) is 8. The number of piperazine rings is 1. The monoisotopic (exact) mass is 581 g/mol. The molecule has 2 aromatic carbocycles. The second-order valence-corrected chi connectivity index (χ2v) is 12.7. The number of hydrogen-bond donors (Lipinski definition) is 2. The summed E-state index contributed by atoms with van der Waals surface area (Å²) in [5.74, 6) is -1.20. The zero-order chi connectivity index (χ0) is 28.6. The van der Waals surface area contributed by atoms with Gasteiger partial charge in [0.05, 0.1) is 23.9 Å². The maximum absolute atomic E-state index is 15.1. The van der Waals surface area contributed by atoms with Gasteiger partial charge in [0.15, 0.2) is 11.6 Å². The first kappa shape index (κ1) is 26.5. The van der Waals surface area contributed by atoms with Crippen LogP contribution >= 0.6 is 0 Å². The molecule has 5 aliphatic heterocycles. The Labute approximate surface area is 241 Å². The third-order valence-corrected chi connectivity index (χ3v) is 9.97. The normalized spacial score (nSPS) is 30.6. The predicted octanol–water partition coefficient (Wildman–Crippen LogP) is 4.32. The second kappa shape index (κ2) is 9.96. The van der Waals surface area contributed by atoms with E-state index in [9.17, 15) is 13.9 Å². The largest absolute Gasteiger partial charge is 0.508 e. The molecule has 222 valence electrons. The standard InChI is InChI=1S/C31H34F3N5O3/c32-18-11-31(6-1-7-39(31)12-18)16-42-30-36-25-10-26(22-9-21(40)8-17-2-5-24(33)28(34)27(17)22)41-15-23(25)29(37-30)38-13-19-3-4-20(14-38)35-19/h2,5,8-9,18-20,26,35,40H,1,3-4,6-7,10-16H2/t18-,19?,20?,26?,31+/m1/s1. The Morgan fingerprint density at radius 1 is 1.12 bits per heavy atom. The van der Waals surface area contributed by atoms with Crippen LogP contribution in [0.4, 0.5) is 19.0 Å². The lowest BCUT2D eigenvalue weighted by Crippen LogP contribution is -2.52. The van der Waals surface area contributed by atoms with Gasteiger partial charge < -0.3 is 24.8 Å². The molecular weight excluding hydrogens is 547 g/mol. The summed E-state index contributed by atoms with van der Waals surface area (Å²) in [6, 6.07) is 6.39. The van der Waals surface area contributed by atoms with Gasteiger partial charge in [0.25, 0.3) is 0 Å². The maximum atomic E-state index is 15.1. The van der Waals surface area contributed by atoms with Gasteiger partial charge in [-0.3, -0.25) is 4.90 Å². The molecule has 3 unspecified atom stereocenters. The molecule has 8 nitrogen and oxygen atoms in total. The number of phenols is 1. The molecule has 0 radical (unpaired) electrons. The molecule has 0 saturated carbocycles. The number of phenolic OH excluding ortho intramolecular Hbond substituents is 1. The molecule has 6 heterocycles. The number of halogens is 3. The summed E-state index contributed by atoms with van der Waals surface area (Å²) >= 11 is 0. The molecule has 1 aromatic heterocycles. The van der Waals surface area contributed by atoms with Gasteiger partial charge in [0, 0.05) is 55.5 Å². The van der Waals surface area contributed by atoms with E-state index in [0.717, 1.165) is 68.5 Å². The molecule has 0 spiro atoms. The minimum Gasteiger partial charge on any atom is -0.508 e. The van der Waals surface area contributed by atoms with Crippen molar-refractivity contribution in [2.75, 3.05) is 37.7 Å². The van der Waals surface area contributed by atoms with E-state index in [-0.39, 0.29) is 35.7 Å². The van der Waals surface area contributed by atoms with Crippen LogP contribution in [0.25, 0.3) is 10.8 Å². The molecule has 11 heteroatoms. The molecular formula is C31H34F3N5O3. The van der Waals surface area contributed by atoms with Gasteiger partial charge in [-0.05, 0) is 61.4 Å². The minimum absolute atomic E-state index is 0.0512. The van der Waals surface area contributed by atoms with E-state index in [0.29, 0.717) is 42.6 Å². The van der Waals surface area contributed by atoms with Crippen molar-refractivity contribution in [3.05, 3.63) is 52.7 Å². The van der Waals surface area contributed by atoms with Crippen molar-refractivity contribution in [2.24, 2.45) is 0 Å². The first-order valence-electron chi connectivity index (χ1n) is 15.0. The molecule has 0 aliphatic carbocycles. The summed E-state index contributed by atoms with van der Waals surface area (Å²) in [5, 5.41) is 14.6. The number of fused-ring (bicyclic) bond motifs is 5. The minimum atomic E-state index is -0.969. The van der Waals surface area contributed by atoms with E-state index < -0.39 is 23.9 Å². The highest BCUT2D eigenvalue weighted by atomic mass is 19.2. The van der Waals surface area contributed by atoms with Crippen LogP contribution in [-0.2, 0) is 17.8 Å². The number of aromatic nitrogens is 2. The fourth-order valence-corrected chi connectivity index (χ4v) is 8.04. The number of rotatable bonds is 5. The zero-order valence-electron chi connectivity index (χ0n) is 23.3. The van der Waals surface area contributed by atoms with Crippen LogP contribution in [0.5, 0.6) is 11.8 Å². The summed E-state index contributed by atoms with van der Waals surface area (Å²) in [5.41, 5.74) is 1.62. The summed E-state index contributed by atoms with van der Waals surface area (Å²) < 4.78 is 56.4. The lowest BCUT2D eigenvalue weighted by Gasteiger charge is -2.37. The van der Waals surface area contributed by atoms with Gasteiger partial charge in [-0.15, -0.1) is 0 Å². The third kappa shape index (κ3) is 4.39. The lowest BCUT2D eigenvalue weighted by atomic mass is 9.93. The average molecular weight is 582 g/mol. The van der Waals surface area contributed by atoms with Crippen molar-refractivity contribution < 1.29 is 27.8 Å². The zero-order valence-corrected chi connectivity index (χ0v) is 23.3. The van der Waals surface area contributed by atoms with Gasteiger partial charge in [0.2, 0.25) is 0 Å². The van der Waals surface area contributed by atoms with Crippen LogP contribution < -0.4 is 15.0 Å². The Bertz CT molecular complexity index is 1550. The molecule has 4 fully saturated rings. The number of nitrogens with one attached hydrogen (secondary N) is 1. The molecule has 8 rings (SSSR count). The van der Waals surface area contributed by atoms with Gasteiger partial charge in [0.1, 0.15) is 24.3 Å². The van der Waals surface area contributed by atoms with Crippen LogP contribution in [0.1, 0.15) is 55.0 Å². The fraction of sp³-hybridized carbons (Fsp3) is 0.548. The first-order chi connectivity index (χ1) is 20.3. The highest BCUT2D eigenvalue weighted by Gasteiger charge is 2.49. The number of ether oxygens (including phenoxy) is 2. The van der Waals surface area contributed by atoms with E-state index in [2.05, 4.69) is 15.1 Å². The fourth-order valence-electron chi connectivity index (χ4n) is 8.04. The number of anilines is 1. The van der Waals surface area contributed by atoms with Crippen molar-refractivity contribution in [1.29, 1.82) is 0 Å². The van der Waals surface area contributed by atoms with Crippen LogP contribution in [0.15, 0.2) is 24.3 Å². The van der Waals surface area contributed by atoms with Crippen LogP contribution in [0.2, 0.25) is 0 Å². The van der Waals surface area contributed by atoms with Crippen molar-refractivity contribution in [3.8, 4) is 11.8 Å². The van der Waals surface area contributed by atoms with Gasteiger partial charge in [-0.25, -0.2) is 13.2 Å². The van der Waals surface area contributed by atoms with E-state index in [4.69, 9.17) is 19.4 Å². The Morgan fingerprint density at radius 2 is 1.95 bits per heavy atom. The molecule has 2 bridgehead atoms. The second-order valence-electron chi connectivity index (χ2n) is 12.7. The van der Waals surface area contributed by atoms with Gasteiger partial charge in [-0.1, -0.05) is 6.07 Å². The molecule has 3 aromatic rings. The summed E-state index contributed by atoms with van der Waals surface area (Å²) in [7, 11) is 0. The number of aromatic hydroxyl groups is 1. The molecule has 0 amide bonds. The predicted molar refractivity (Wildman–Crippen MR) is 149 cm³/mol. The maximum Gasteiger partial charge on any atom is 0.318 e. The Balaban J connectivity index is 1.16. The number of alkyl halides is 1. The smallest absolute Gasteiger partial charge is 0.318 e. The Kier molecular flexibility index (Phi) is 6.28. The van der Waals surface area contributed by atoms with Crippen molar-refractivity contribution in [2.45, 2.75) is 75.0 Å².